The van der Waals surface area contributed by atoms with Gasteiger partial charge in [-0.25, -0.2) is 4.57 Å². The van der Waals surface area contributed by atoms with E-state index in [2.05, 4.69) is 108 Å². The minimum absolute atomic E-state index is 0.195. The second-order valence-electron chi connectivity index (χ2n) is 14.5. The predicted octanol–water partition coefficient (Wildman–Crippen LogP) is 10.9. The zero-order valence-electron chi connectivity index (χ0n) is 25.9. The number of fused-ring (bicyclic) bond motifs is 5. The Kier molecular flexibility index (Phi) is 6.51. The third kappa shape index (κ3) is 4.58. The van der Waals surface area contributed by atoms with Crippen molar-refractivity contribution < 1.29 is 4.57 Å². The number of benzene rings is 4. The van der Waals surface area contributed by atoms with Gasteiger partial charge in [0.2, 0.25) is 5.69 Å². The van der Waals surface area contributed by atoms with Crippen molar-refractivity contribution in [2.45, 2.75) is 95.8 Å². The van der Waals surface area contributed by atoms with E-state index < -0.39 is 0 Å². The monoisotopic (exact) mass is 558 g/mol. The van der Waals surface area contributed by atoms with Crippen molar-refractivity contribution in [1.29, 1.82) is 0 Å². The molecule has 1 fully saturated rings. The highest BCUT2D eigenvalue weighted by molar-refractivity contribution is 8.00. The van der Waals surface area contributed by atoms with E-state index in [-0.39, 0.29) is 5.41 Å². The summed E-state index contributed by atoms with van der Waals surface area (Å²) in [5, 5.41) is 8.46. The van der Waals surface area contributed by atoms with Crippen LogP contribution < -0.4 is 4.57 Å². The quantitative estimate of drug-likeness (QED) is 0.154. The summed E-state index contributed by atoms with van der Waals surface area (Å²) in [5.41, 5.74) is 8.89. The van der Waals surface area contributed by atoms with Gasteiger partial charge in [0.05, 0.1) is 10.9 Å². The first-order chi connectivity index (χ1) is 19.6. The molecule has 2 heterocycles. The fraction of sp³-hybridized carbons (Fsp3) is 0.410. The largest absolute Gasteiger partial charge is 0.222 e. The molecule has 5 aromatic rings. The molecule has 0 spiro atoms. The molecule has 1 nitrogen and oxygen atoms in total. The van der Waals surface area contributed by atoms with Crippen LogP contribution in [0.15, 0.2) is 64.5 Å². The average molecular weight is 559 g/mol. The van der Waals surface area contributed by atoms with Gasteiger partial charge in [-0.2, -0.15) is 0 Å². The van der Waals surface area contributed by atoms with Gasteiger partial charge in [-0.3, -0.25) is 0 Å². The number of pyridine rings is 1. The average Bonchev–Trinajstić information content (AvgIpc) is 3.44. The maximum absolute atomic E-state index is 2.51. The molecule has 1 aromatic heterocycles. The Labute approximate surface area is 250 Å². The molecule has 1 saturated carbocycles. The maximum atomic E-state index is 2.51. The molecule has 0 unspecified atom stereocenters. The zero-order chi connectivity index (χ0) is 28.6. The molecular formula is C39H44NS+. The fourth-order valence-electron chi connectivity index (χ4n) is 7.66. The molecule has 0 bridgehead atoms. The molecule has 2 aliphatic rings. The number of hydrogen-bond donors (Lipinski definition) is 0. The molecule has 210 valence electrons. The molecule has 1 aliphatic carbocycles. The predicted molar refractivity (Wildman–Crippen MR) is 177 cm³/mol. The van der Waals surface area contributed by atoms with Crippen LogP contribution in [-0.2, 0) is 19.9 Å². The molecule has 0 saturated heterocycles. The van der Waals surface area contributed by atoms with E-state index in [9.17, 15) is 0 Å². The van der Waals surface area contributed by atoms with Crippen LogP contribution in [0, 0.1) is 18.3 Å². The third-order valence-corrected chi connectivity index (χ3v) is 10.9. The van der Waals surface area contributed by atoms with Crippen LogP contribution in [0.3, 0.4) is 0 Å². The van der Waals surface area contributed by atoms with E-state index in [1.165, 1.54) is 108 Å². The van der Waals surface area contributed by atoms with Gasteiger partial charge in [0.1, 0.15) is 7.05 Å². The van der Waals surface area contributed by atoms with Gasteiger partial charge >= 0.3 is 0 Å². The van der Waals surface area contributed by atoms with Crippen LogP contribution in [0.5, 0.6) is 0 Å². The number of aromatic nitrogens is 1. The summed E-state index contributed by atoms with van der Waals surface area (Å²) in [4.78, 5) is 2.89. The van der Waals surface area contributed by atoms with Gasteiger partial charge in [-0.05, 0) is 86.9 Å². The van der Waals surface area contributed by atoms with Crippen LogP contribution in [0.1, 0.15) is 88.5 Å². The van der Waals surface area contributed by atoms with Crippen LogP contribution in [0.2, 0.25) is 0 Å². The molecule has 0 atom stereocenters. The molecule has 0 amide bonds. The second kappa shape index (κ2) is 9.87. The fourth-order valence-corrected chi connectivity index (χ4v) is 9.03. The topological polar surface area (TPSA) is 3.88 Å². The van der Waals surface area contributed by atoms with Crippen molar-refractivity contribution in [2.75, 3.05) is 0 Å². The van der Waals surface area contributed by atoms with Crippen molar-refractivity contribution in [3.63, 3.8) is 0 Å². The standard InChI is InChI=1S/C39H44NS/c1-23(2)27-13-15-30-32(20-27)24(3)35-37-36-31(16-17-40(37)7)29-14-12-26(18-25-10-8-9-11-25)19-28(29)21-34(36)41-38(35)33(30)22-39(4,5)6/h12-17,19-21,23,25H,8-11,18,22H2,1-7H3/q+1. The van der Waals surface area contributed by atoms with Crippen LogP contribution in [0.25, 0.3) is 43.6 Å². The second-order valence-corrected chi connectivity index (χ2v) is 15.5. The Morgan fingerprint density at radius 3 is 2.39 bits per heavy atom. The smallest absolute Gasteiger partial charge is 0.200 e. The molecule has 7 rings (SSSR count). The van der Waals surface area contributed by atoms with Crippen molar-refractivity contribution in [3.8, 4) is 11.3 Å². The van der Waals surface area contributed by atoms with Gasteiger partial charge < -0.3 is 0 Å². The summed E-state index contributed by atoms with van der Waals surface area (Å²) in [6, 6.07) is 19.5. The summed E-state index contributed by atoms with van der Waals surface area (Å²) in [5.74, 6) is 1.38. The van der Waals surface area contributed by atoms with E-state index >= 15 is 0 Å². The molecule has 41 heavy (non-hydrogen) atoms. The molecule has 0 radical (unpaired) electrons. The van der Waals surface area contributed by atoms with Gasteiger partial charge in [0.15, 0.2) is 6.20 Å². The van der Waals surface area contributed by atoms with Gasteiger partial charge in [-0.1, -0.05) is 108 Å². The van der Waals surface area contributed by atoms with Crippen molar-refractivity contribution in [1.82, 2.24) is 0 Å². The summed E-state index contributed by atoms with van der Waals surface area (Å²) in [7, 11) is 2.24. The molecule has 2 heteroatoms. The lowest BCUT2D eigenvalue weighted by Crippen LogP contribution is -2.32. The SMILES string of the molecule is Cc1c2c(c(CC(C)(C)C)c3ccc(C(C)C)cc13)Sc1cc3cc(CC4CCCC4)ccc3c3cc[n+](C)c-2c13. The Morgan fingerprint density at radius 2 is 1.66 bits per heavy atom. The number of hydrogen-bond acceptors (Lipinski definition) is 1. The van der Waals surface area contributed by atoms with E-state index in [4.69, 9.17) is 0 Å². The Morgan fingerprint density at radius 1 is 0.902 bits per heavy atom. The summed E-state index contributed by atoms with van der Waals surface area (Å²) in [6.45, 7) is 14.1. The van der Waals surface area contributed by atoms with Crippen molar-refractivity contribution >= 4 is 44.1 Å². The Bertz CT molecular complexity index is 1850. The lowest BCUT2D eigenvalue weighted by Gasteiger charge is -2.28. The Hall–Kier alpha value is -2.84. The van der Waals surface area contributed by atoms with Crippen molar-refractivity contribution in [3.05, 3.63) is 77.0 Å². The first kappa shape index (κ1) is 27.0. The van der Waals surface area contributed by atoms with Crippen LogP contribution >= 0.6 is 11.8 Å². The number of rotatable bonds is 4. The van der Waals surface area contributed by atoms with E-state index in [0.717, 1.165) is 12.3 Å². The summed E-state index contributed by atoms with van der Waals surface area (Å²) < 4.78 is 2.39. The minimum Gasteiger partial charge on any atom is -0.200 e. The third-order valence-electron chi connectivity index (χ3n) is 9.73. The van der Waals surface area contributed by atoms with Gasteiger partial charge in [0, 0.05) is 21.2 Å². The highest BCUT2D eigenvalue weighted by atomic mass is 32.2. The molecule has 0 N–H and O–H groups in total. The normalized spacial score (nSPS) is 15.5. The number of aryl methyl sites for hydroxylation is 2. The molecule has 4 aromatic carbocycles. The van der Waals surface area contributed by atoms with E-state index in [1.54, 1.807) is 0 Å². The number of nitrogens with zero attached hydrogens (tertiary/aromatic N) is 1. The minimum atomic E-state index is 0.195. The zero-order valence-corrected chi connectivity index (χ0v) is 26.8. The summed E-state index contributed by atoms with van der Waals surface area (Å²) >= 11 is 2.03. The van der Waals surface area contributed by atoms with E-state index in [0.29, 0.717) is 5.92 Å². The lowest BCUT2D eigenvalue weighted by atomic mass is 9.82. The summed E-state index contributed by atoms with van der Waals surface area (Å²) in [6.07, 6.45) is 10.2. The van der Waals surface area contributed by atoms with E-state index in [1.807, 2.05) is 11.8 Å². The first-order valence-corrected chi connectivity index (χ1v) is 16.6. The van der Waals surface area contributed by atoms with Crippen molar-refractivity contribution in [2.24, 2.45) is 18.4 Å². The molecule has 1 aliphatic heterocycles. The maximum Gasteiger partial charge on any atom is 0.222 e. The van der Waals surface area contributed by atoms with Gasteiger partial charge in [0.25, 0.3) is 0 Å². The Balaban J connectivity index is 1.52. The first-order valence-electron chi connectivity index (χ1n) is 15.7. The van der Waals surface area contributed by atoms with Gasteiger partial charge in [-0.15, -0.1) is 0 Å². The van der Waals surface area contributed by atoms with Crippen LogP contribution in [0.4, 0.5) is 0 Å². The van der Waals surface area contributed by atoms with Crippen LogP contribution in [-0.4, -0.2) is 0 Å². The highest BCUT2D eigenvalue weighted by Crippen LogP contribution is 2.53. The highest BCUT2D eigenvalue weighted by Gasteiger charge is 2.33. The molecular weight excluding hydrogens is 515 g/mol. The lowest BCUT2D eigenvalue weighted by molar-refractivity contribution is -0.659.